The number of hydrogen-bond donors (Lipinski definition) is 1. The number of rotatable bonds is 6. The summed E-state index contributed by atoms with van der Waals surface area (Å²) in [6.07, 6.45) is 4.87. The molecule has 3 fully saturated rings. The van der Waals surface area contributed by atoms with E-state index in [-0.39, 0.29) is 42.5 Å². The number of carbonyl (C=O) groups is 2. The minimum Gasteiger partial charge on any atom is -0.442 e. The van der Waals surface area contributed by atoms with Crippen LogP contribution in [0.5, 0.6) is 0 Å². The Morgan fingerprint density at radius 2 is 1.83 bits per heavy atom. The second-order valence-corrected chi connectivity index (χ2v) is 8.15. The highest BCUT2D eigenvalue weighted by Gasteiger charge is 2.40. The number of fused-ring (bicyclic) bond motifs is 2. The minimum atomic E-state index is -0.663. The molecular formula is C21H27F2N3O3. The molecule has 3 atom stereocenters. The van der Waals surface area contributed by atoms with Gasteiger partial charge in [0.2, 0.25) is 5.91 Å². The van der Waals surface area contributed by atoms with Gasteiger partial charge >= 0.3 is 6.09 Å². The van der Waals surface area contributed by atoms with Crippen LogP contribution in [-0.2, 0) is 9.53 Å². The molecule has 3 heterocycles. The third kappa shape index (κ3) is 3.89. The van der Waals surface area contributed by atoms with Crippen LogP contribution < -0.4 is 15.1 Å². The first-order valence-corrected chi connectivity index (χ1v) is 10.5. The third-order valence-electron chi connectivity index (χ3n) is 6.14. The molecule has 0 radical (unpaired) electrons. The van der Waals surface area contributed by atoms with Gasteiger partial charge in [-0.3, -0.25) is 9.69 Å². The Hall–Kier alpha value is -2.38. The van der Waals surface area contributed by atoms with E-state index in [9.17, 15) is 18.4 Å². The molecule has 4 rings (SSSR count). The van der Waals surface area contributed by atoms with Crippen molar-refractivity contribution in [2.24, 2.45) is 0 Å². The van der Waals surface area contributed by atoms with Crippen LogP contribution in [-0.4, -0.2) is 43.3 Å². The maximum Gasteiger partial charge on any atom is 0.414 e. The second-order valence-electron chi connectivity index (χ2n) is 8.15. The van der Waals surface area contributed by atoms with Gasteiger partial charge in [-0.2, -0.15) is 0 Å². The van der Waals surface area contributed by atoms with Crippen LogP contribution in [0, 0.1) is 11.6 Å². The molecule has 3 aliphatic rings. The van der Waals surface area contributed by atoms with Crippen LogP contribution in [0.25, 0.3) is 0 Å². The van der Waals surface area contributed by atoms with Gasteiger partial charge in [-0.25, -0.2) is 13.6 Å². The van der Waals surface area contributed by atoms with Crippen molar-refractivity contribution in [1.29, 1.82) is 0 Å². The number of hydrogen-bond acceptors (Lipinski definition) is 4. The highest BCUT2D eigenvalue weighted by atomic mass is 19.1. The van der Waals surface area contributed by atoms with Gasteiger partial charge in [-0.05, 0) is 38.5 Å². The number of amides is 2. The van der Waals surface area contributed by atoms with E-state index in [0.717, 1.165) is 38.5 Å². The molecule has 158 valence electrons. The van der Waals surface area contributed by atoms with Crippen molar-refractivity contribution in [1.82, 2.24) is 5.32 Å². The van der Waals surface area contributed by atoms with Gasteiger partial charge in [0.25, 0.3) is 0 Å². The van der Waals surface area contributed by atoms with E-state index in [1.807, 2.05) is 11.8 Å². The van der Waals surface area contributed by atoms with Gasteiger partial charge in [-0.15, -0.1) is 0 Å². The summed E-state index contributed by atoms with van der Waals surface area (Å²) < 4.78 is 35.2. The van der Waals surface area contributed by atoms with E-state index in [0.29, 0.717) is 6.42 Å². The number of piperidine rings is 1. The minimum absolute atomic E-state index is 0.0249. The smallest absolute Gasteiger partial charge is 0.414 e. The number of nitrogens with one attached hydrogen (secondary N) is 1. The lowest BCUT2D eigenvalue weighted by molar-refractivity contribution is -0.121. The van der Waals surface area contributed by atoms with Gasteiger partial charge in [-0.1, -0.05) is 6.92 Å². The van der Waals surface area contributed by atoms with E-state index in [2.05, 4.69) is 5.32 Å². The van der Waals surface area contributed by atoms with E-state index >= 15 is 0 Å². The molecule has 1 aromatic carbocycles. The number of ether oxygens (including phenoxy) is 1. The van der Waals surface area contributed by atoms with E-state index in [4.69, 9.17) is 4.74 Å². The molecule has 3 saturated heterocycles. The fourth-order valence-corrected chi connectivity index (χ4v) is 4.82. The van der Waals surface area contributed by atoms with Crippen molar-refractivity contribution in [2.45, 2.75) is 70.1 Å². The normalized spacial score (nSPS) is 26.0. The topological polar surface area (TPSA) is 61.9 Å². The first kappa shape index (κ1) is 19.9. The third-order valence-corrected chi connectivity index (χ3v) is 6.14. The Bertz CT molecular complexity index is 764. The van der Waals surface area contributed by atoms with Crippen molar-refractivity contribution in [3.63, 3.8) is 0 Å². The van der Waals surface area contributed by atoms with Crippen molar-refractivity contribution in [2.75, 3.05) is 22.9 Å². The lowest BCUT2D eigenvalue weighted by Crippen LogP contribution is -2.41. The van der Waals surface area contributed by atoms with Crippen molar-refractivity contribution in [3.8, 4) is 0 Å². The SMILES string of the molecule is CCCC(=O)NC[C@H]1CN(c2cc(F)c(N3C4CCCC3CC4)c(F)c2)C(=O)O1. The molecule has 0 spiro atoms. The molecule has 0 saturated carbocycles. The van der Waals surface area contributed by atoms with Gasteiger partial charge < -0.3 is 15.0 Å². The zero-order valence-corrected chi connectivity index (χ0v) is 16.6. The van der Waals surface area contributed by atoms with Gasteiger partial charge in [0.1, 0.15) is 11.8 Å². The number of anilines is 2. The number of benzene rings is 1. The molecule has 6 nitrogen and oxygen atoms in total. The summed E-state index contributed by atoms with van der Waals surface area (Å²) in [4.78, 5) is 26.9. The molecular weight excluding hydrogens is 380 g/mol. The van der Waals surface area contributed by atoms with Gasteiger partial charge in [0, 0.05) is 30.6 Å². The Labute approximate surface area is 169 Å². The van der Waals surface area contributed by atoms with Crippen LogP contribution in [0.1, 0.15) is 51.9 Å². The first-order valence-electron chi connectivity index (χ1n) is 10.5. The molecule has 1 N–H and O–H groups in total. The number of carbonyl (C=O) groups excluding carboxylic acids is 2. The highest BCUT2D eigenvalue weighted by Crippen LogP contribution is 2.42. The lowest BCUT2D eigenvalue weighted by atomic mass is 10.0. The van der Waals surface area contributed by atoms with E-state index in [1.165, 1.54) is 17.0 Å². The summed E-state index contributed by atoms with van der Waals surface area (Å²) in [6.45, 7) is 2.22. The Kier molecular flexibility index (Phi) is 5.61. The molecule has 2 unspecified atom stereocenters. The highest BCUT2D eigenvalue weighted by molar-refractivity contribution is 5.90. The summed E-state index contributed by atoms with van der Waals surface area (Å²) in [5.74, 6) is -1.41. The average molecular weight is 407 g/mol. The van der Waals surface area contributed by atoms with E-state index in [1.54, 1.807) is 0 Å². The molecule has 2 amide bonds. The van der Waals surface area contributed by atoms with E-state index < -0.39 is 23.8 Å². The zero-order chi connectivity index (χ0) is 20.5. The van der Waals surface area contributed by atoms with Gasteiger partial charge in [0.15, 0.2) is 11.6 Å². The number of nitrogens with zero attached hydrogens (tertiary/aromatic N) is 2. The van der Waals surface area contributed by atoms with Crippen LogP contribution in [0.2, 0.25) is 0 Å². The fourth-order valence-electron chi connectivity index (χ4n) is 4.82. The second kappa shape index (κ2) is 8.16. The van der Waals surface area contributed by atoms with Crippen LogP contribution in [0.4, 0.5) is 25.0 Å². The summed E-state index contributed by atoms with van der Waals surface area (Å²) in [5, 5.41) is 2.71. The molecule has 0 aliphatic carbocycles. The van der Waals surface area contributed by atoms with Crippen LogP contribution in [0.15, 0.2) is 12.1 Å². The Morgan fingerprint density at radius 3 is 2.45 bits per heavy atom. The predicted octanol–water partition coefficient (Wildman–Crippen LogP) is 3.73. The summed E-state index contributed by atoms with van der Waals surface area (Å²) in [5.41, 5.74) is 0.164. The van der Waals surface area contributed by atoms with Crippen molar-refractivity contribution in [3.05, 3.63) is 23.8 Å². The summed E-state index contributed by atoms with van der Waals surface area (Å²) in [6, 6.07) is 2.81. The average Bonchev–Trinajstić information content (AvgIpc) is 3.15. The predicted molar refractivity (Wildman–Crippen MR) is 105 cm³/mol. The largest absolute Gasteiger partial charge is 0.442 e. The quantitative estimate of drug-likeness (QED) is 0.781. The molecule has 1 aromatic rings. The zero-order valence-electron chi connectivity index (χ0n) is 16.6. The monoisotopic (exact) mass is 407 g/mol. The van der Waals surface area contributed by atoms with Crippen LogP contribution in [0.3, 0.4) is 0 Å². The first-order chi connectivity index (χ1) is 14.0. The lowest BCUT2D eigenvalue weighted by Gasteiger charge is -2.37. The fraction of sp³-hybridized carbons (Fsp3) is 0.619. The van der Waals surface area contributed by atoms with Crippen LogP contribution >= 0.6 is 0 Å². The molecule has 3 aliphatic heterocycles. The number of cyclic esters (lactones) is 1. The number of halogens is 2. The maximum absolute atomic E-state index is 15.0. The van der Waals surface area contributed by atoms with Crippen molar-refractivity contribution < 1.29 is 23.1 Å². The Morgan fingerprint density at radius 1 is 1.17 bits per heavy atom. The summed E-state index contributed by atoms with van der Waals surface area (Å²) in [7, 11) is 0. The standard InChI is InChI=1S/C21H27F2N3O3/c1-2-4-19(27)24-11-16-12-25(21(28)29-16)15-9-17(22)20(18(23)10-15)26-13-5-3-6-14(26)8-7-13/h9-10,13-14,16H,2-8,11-12H2,1H3,(H,24,27)/t13?,14?,16-/m0/s1. The molecule has 8 heteroatoms. The van der Waals surface area contributed by atoms with Gasteiger partial charge in [0.05, 0.1) is 18.8 Å². The Balaban J connectivity index is 1.48. The maximum atomic E-state index is 15.0. The van der Waals surface area contributed by atoms with Crippen molar-refractivity contribution >= 4 is 23.4 Å². The molecule has 2 bridgehead atoms. The molecule has 0 aromatic heterocycles. The summed E-state index contributed by atoms with van der Waals surface area (Å²) >= 11 is 0. The molecule has 29 heavy (non-hydrogen) atoms.